The summed E-state index contributed by atoms with van der Waals surface area (Å²) >= 11 is 1.27. The van der Waals surface area contributed by atoms with E-state index in [0.717, 1.165) is 24.3 Å². The summed E-state index contributed by atoms with van der Waals surface area (Å²) < 4.78 is 103. The number of morpholine rings is 1. The zero-order chi connectivity index (χ0) is 33.2. The topological polar surface area (TPSA) is 143 Å². The second-order valence-electron chi connectivity index (χ2n) is 12.0. The number of thiazole rings is 1. The summed E-state index contributed by atoms with van der Waals surface area (Å²) in [5, 5.41) is 3.80. The average Bonchev–Trinajstić information content (AvgIpc) is 3.29. The fourth-order valence-corrected chi connectivity index (χ4v) is 11.0. The first kappa shape index (κ1) is 31.8. The van der Waals surface area contributed by atoms with Gasteiger partial charge >= 0.3 is 0 Å². The standard InChI is InChI=1S/C30H29F3N6O5S3/c1-15-11-44-12-16(2)39(15)30-37-26(17-5-3-8-22(24(17)33)38-47(42,43)28-20(31)6-4-7-21(28)32)27(45-30)23-9-10-34-29(35-23)36-25-18-13-46(40,41)14-19(18)25/h3-10,15-16,18-19,25,38H,11-14H2,1-2H3,(H,34,35,36)/t15-,16-,18-,19+,25?/m0/s1. The maximum absolute atomic E-state index is 16.3. The van der Waals surface area contributed by atoms with E-state index in [1.54, 1.807) is 6.07 Å². The number of anilines is 3. The van der Waals surface area contributed by atoms with Gasteiger partial charge in [0.15, 0.2) is 25.7 Å². The average molecular weight is 707 g/mol. The fraction of sp³-hybridized carbons (Fsp3) is 0.367. The van der Waals surface area contributed by atoms with E-state index in [9.17, 15) is 25.6 Å². The highest BCUT2D eigenvalue weighted by molar-refractivity contribution is 7.92. The lowest BCUT2D eigenvalue weighted by Gasteiger charge is -2.38. The van der Waals surface area contributed by atoms with Crippen molar-refractivity contribution >= 4 is 48.0 Å². The first-order chi connectivity index (χ1) is 22.3. The van der Waals surface area contributed by atoms with E-state index in [2.05, 4.69) is 20.2 Å². The minimum atomic E-state index is -4.86. The van der Waals surface area contributed by atoms with Gasteiger partial charge in [-0.2, -0.15) is 0 Å². The maximum atomic E-state index is 16.3. The largest absolute Gasteiger partial charge is 0.377 e. The van der Waals surface area contributed by atoms with Crippen LogP contribution in [0.4, 0.5) is 29.9 Å². The zero-order valence-electron chi connectivity index (χ0n) is 25.0. The third-order valence-corrected chi connectivity index (χ3v) is 12.9. The van der Waals surface area contributed by atoms with Crippen molar-refractivity contribution in [3.63, 3.8) is 0 Å². The molecule has 4 heterocycles. The van der Waals surface area contributed by atoms with Gasteiger partial charge in [-0.25, -0.2) is 45.0 Å². The summed E-state index contributed by atoms with van der Waals surface area (Å²) in [6.45, 7) is 4.86. The quantitative estimate of drug-likeness (QED) is 0.268. The van der Waals surface area contributed by atoms with Crippen molar-refractivity contribution in [2.45, 2.75) is 36.9 Å². The normalized spacial score (nSPS) is 25.0. The van der Waals surface area contributed by atoms with Gasteiger partial charge in [-0.05, 0) is 56.0 Å². The highest BCUT2D eigenvalue weighted by Gasteiger charge is 2.59. The molecule has 1 aliphatic carbocycles. The van der Waals surface area contributed by atoms with Crippen LogP contribution in [0.2, 0.25) is 0 Å². The number of nitrogens with zero attached hydrogens (tertiary/aromatic N) is 4. The van der Waals surface area contributed by atoms with E-state index in [1.165, 1.54) is 29.7 Å². The summed E-state index contributed by atoms with van der Waals surface area (Å²) in [5.41, 5.74) is -0.0167. The third kappa shape index (κ3) is 5.93. The van der Waals surface area contributed by atoms with E-state index in [0.29, 0.717) is 28.9 Å². The van der Waals surface area contributed by atoms with Crippen LogP contribution in [0.15, 0.2) is 53.6 Å². The molecule has 2 N–H and O–H groups in total. The minimum Gasteiger partial charge on any atom is -0.377 e. The number of nitrogens with one attached hydrogen (secondary N) is 2. The van der Waals surface area contributed by atoms with Crippen LogP contribution in [0.5, 0.6) is 0 Å². The molecule has 0 spiro atoms. The van der Waals surface area contributed by atoms with Crippen molar-refractivity contribution < 1.29 is 34.7 Å². The zero-order valence-corrected chi connectivity index (χ0v) is 27.5. The van der Waals surface area contributed by atoms with Crippen molar-refractivity contribution in [1.82, 2.24) is 15.0 Å². The van der Waals surface area contributed by atoms with E-state index in [1.807, 2.05) is 18.6 Å². The highest BCUT2D eigenvalue weighted by Crippen LogP contribution is 2.48. The van der Waals surface area contributed by atoms with Gasteiger partial charge in [-0.15, -0.1) is 0 Å². The fourth-order valence-electron chi connectivity index (χ4n) is 6.36. The molecule has 2 aromatic heterocycles. The Balaban J connectivity index is 1.28. The first-order valence-corrected chi connectivity index (χ1v) is 18.9. The second kappa shape index (κ2) is 11.7. The molecular formula is C30H29F3N6O5S3. The van der Waals surface area contributed by atoms with Crippen molar-refractivity contribution in [2.75, 3.05) is 39.7 Å². The Kier molecular flexibility index (Phi) is 7.92. The van der Waals surface area contributed by atoms with Crippen LogP contribution in [0.1, 0.15) is 13.8 Å². The van der Waals surface area contributed by atoms with Gasteiger partial charge in [0.25, 0.3) is 10.0 Å². The Morgan fingerprint density at radius 3 is 2.30 bits per heavy atom. The minimum absolute atomic E-state index is 0.000528. The lowest BCUT2D eigenvalue weighted by atomic mass is 10.1. The van der Waals surface area contributed by atoms with Crippen LogP contribution < -0.4 is 14.9 Å². The number of fused-ring (bicyclic) bond motifs is 1. The SMILES string of the molecule is C[C@H]1COC[C@H](C)N1c1nc(-c2cccc(NS(=O)(=O)c3c(F)cccc3F)c2F)c(-c2ccnc(NC3[C@H]4CS(=O)(=O)C[C@@H]34)n2)s1. The number of sulfone groups is 1. The second-order valence-corrected chi connectivity index (χ2v) is 16.7. The molecule has 1 unspecified atom stereocenters. The van der Waals surface area contributed by atoms with Gasteiger partial charge in [0.1, 0.15) is 11.6 Å². The lowest BCUT2D eigenvalue weighted by Crippen LogP contribution is -2.49. The van der Waals surface area contributed by atoms with Crippen LogP contribution in [-0.2, 0) is 24.6 Å². The molecule has 47 heavy (non-hydrogen) atoms. The van der Waals surface area contributed by atoms with Gasteiger partial charge in [0.05, 0.1) is 58.8 Å². The number of sulfonamides is 1. The summed E-state index contributed by atoms with van der Waals surface area (Å²) in [6, 6.07) is 8.05. The van der Waals surface area contributed by atoms with Gasteiger partial charge in [-0.3, -0.25) is 4.72 Å². The lowest BCUT2D eigenvalue weighted by molar-refractivity contribution is 0.0756. The summed E-state index contributed by atoms with van der Waals surface area (Å²) in [6.07, 6.45) is 1.53. The summed E-state index contributed by atoms with van der Waals surface area (Å²) in [7, 11) is -7.89. The van der Waals surface area contributed by atoms with Crippen LogP contribution in [-0.4, -0.2) is 74.6 Å². The summed E-state index contributed by atoms with van der Waals surface area (Å²) in [4.78, 5) is 15.1. The molecule has 17 heteroatoms. The smallest absolute Gasteiger partial charge is 0.267 e. The molecular weight excluding hydrogens is 678 g/mol. The van der Waals surface area contributed by atoms with Crippen LogP contribution in [0, 0.1) is 29.3 Å². The Morgan fingerprint density at radius 2 is 1.62 bits per heavy atom. The van der Waals surface area contributed by atoms with Gasteiger partial charge in [0, 0.05) is 17.8 Å². The molecule has 1 saturated carbocycles. The Morgan fingerprint density at radius 1 is 0.957 bits per heavy atom. The number of benzene rings is 2. The van der Waals surface area contributed by atoms with Crippen molar-refractivity contribution in [3.8, 4) is 21.8 Å². The molecule has 5 atom stereocenters. The molecule has 4 aromatic rings. The number of halogens is 3. The Labute approximate surface area is 273 Å². The molecule has 2 saturated heterocycles. The number of rotatable bonds is 8. The van der Waals surface area contributed by atoms with Crippen LogP contribution in [0.25, 0.3) is 21.8 Å². The first-order valence-electron chi connectivity index (χ1n) is 14.8. The summed E-state index contributed by atoms with van der Waals surface area (Å²) in [5.74, 6) is -3.12. The molecule has 0 radical (unpaired) electrons. The number of hydrogen-bond donors (Lipinski definition) is 2. The van der Waals surface area contributed by atoms with Crippen LogP contribution >= 0.6 is 11.3 Å². The highest BCUT2D eigenvalue weighted by atomic mass is 32.2. The molecule has 7 rings (SSSR count). The monoisotopic (exact) mass is 706 g/mol. The molecule has 2 aliphatic heterocycles. The van der Waals surface area contributed by atoms with E-state index >= 15 is 4.39 Å². The van der Waals surface area contributed by atoms with E-state index < -0.39 is 47.9 Å². The van der Waals surface area contributed by atoms with Crippen molar-refractivity contribution in [1.29, 1.82) is 0 Å². The predicted molar refractivity (Wildman–Crippen MR) is 171 cm³/mol. The van der Waals surface area contributed by atoms with Gasteiger partial charge in [0.2, 0.25) is 5.95 Å². The number of ether oxygens (including phenoxy) is 1. The predicted octanol–water partition coefficient (Wildman–Crippen LogP) is 4.55. The Hall–Kier alpha value is -3.80. The molecule has 0 bridgehead atoms. The van der Waals surface area contributed by atoms with Gasteiger partial charge < -0.3 is 15.0 Å². The number of hydrogen-bond acceptors (Lipinski definition) is 11. The van der Waals surface area contributed by atoms with Crippen molar-refractivity contribution in [3.05, 3.63) is 66.1 Å². The molecule has 0 amide bonds. The van der Waals surface area contributed by atoms with Gasteiger partial charge in [-0.1, -0.05) is 23.5 Å². The van der Waals surface area contributed by atoms with E-state index in [4.69, 9.17) is 9.72 Å². The molecule has 11 nitrogen and oxygen atoms in total. The van der Waals surface area contributed by atoms with E-state index in [-0.39, 0.29) is 58.7 Å². The maximum Gasteiger partial charge on any atom is 0.267 e. The molecule has 3 aliphatic rings. The number of aromatic nitrogens is 3. The van der Waals surface area contributed by atoms with Crippen LogP contribution in [0.3, 0.4) is 0 Å². The third-order valence-electron chi connectivity index (χ3n) is 8.60. The molecule has 2 aromatic carbocycles. The molecule has 3 fully saturated rings. The molecule has 248 valence electrons. The van der Waals surface area contributed by atoms with Crippen molar-refractivity contribution in [2.24, 2.45) is 11.8 Å². The Bertz CT molecular complexity index is 2050.